The van der Waals surface area contributed by atoms with E-state index in [1.165, 1.54) is 71.1 Å². The van der Waals surface area contributed by atoms with E-state index in [0.717, 1.165) is 12.0 Å². The molecule has 2 heteroatoms. The number of rotatable bonds is 4. The highest BCUT2D eigenvalue weighted by atomic mass is 15.1. The SMILES string of the molecule is CC[C@H]1CC[C@@H](CCN2CCCCC2)NC1. The van der Waals surface area contributed by atoms with Crippen LogP contribution in [0.5, 0.6) is 0 Å². The van der Waals surface area contributed by atoms with Crippen LogP contribution in [0.1, 0.15) is 51.9 Å². The Hall–Kier alpha value is -0.0800. The van der Waals surface area contributed by atoms with Gasteiger partial charge < -0.3 is 10.2 Å². The van der Waals surface area contributed by atoms with Crippen molar-refractivity contribution in [1.29, 1.82) is 0 Å². The fourth-order valence-electron chi connectivity index (χ4n) is 3.09. The van der Waals surface area contributed by atoms with E-state index in [4.69, 9.17) is 0 Å². The summed E-state index contributed by atoms with van der Waals surface area (Å²) < 4.78 is 0. The molecule has 2 fully saturated rings. The lowest BCUT2D eigenvalue weighted by Crippen LogP contribution is -2.41. The first kappa shape index (κ1) is 12.4. The van der Waals surface area contributed by atoms with Crippen LogP contribution in [0.2, 0.25) is 0 Å². The Bertz CT molecular complexity index is 179. The average molecular weight is 224 g/mol. The lowest BCUT2D eigenvalue weighted by Gasteiger charge is -2.32. The Morgan fingerprint density at radius 2 is 1.94 bits per heavy atom. The van der Waals surface area contributed by atoms with E-state index in [1.807, 2.05) is 0 Å². The van der Waals surface area contributed by atoms with Gasteiger partial charge in [0.1, 0.15) is 0 Å². The third kappa shape index (κ3) is 3.74. The van der Waals surface area contributed by atoms with Crippen molar-refractivity contribution < 1.29 is 0 Å². The fraction of sp³-hybridized carbons (Fsp3) is 1.00. The van der Waals surface area contributed by atoms with E-state index in [2.05, 4.69) is 17.1 Å². The minimum atomic E-state index is 0.810. The van der Waals surface area contributed by atoms with Crippen molar-refractivity contribution in [2.24, 2.45) is 5.92 Å². The second-order valence-corrected chi connectivity index (χ2v) is 5.65. The van der Waals surface area contributed by atoms with Gasteiger partial charge in [-0.05, 0) is 64.2 Å². The molecule has 0 aromatic carbocycles. The van der Waals surface area contributed by atoms with Gasteiger partial charge in [-0.1, -0.05) is 19.8 Å². The summed E-state index contributed by atoms with van der Waals surface area (Å²) in [6, 6.07) is 0.810. The van der Waals surface area contributed by atoms with Crippen LogP contribution in [0, 0.1) is 5.92 Å². The molecule has 0 radical (unpaired) electrons. The molecule has 0 bridgehead atoms. The Morgan fingerprint density at radius 3 is 2.56 bits per heavy atom. The summed E-state index contributed by atoms with van der Waals surface area (Å²) in [5.74, 6) is 0.950. The number of likely N-dealkylation sites (tertiary alicyclic amines) is 1. The van der Waals surface area contributed by atoms with Crippen LogP contribution in [-0.4, -0.2) is 37.1 Å². The van der Waals surface area contributed by atoms with Gasteiger partial charge in [0, 0.05) is 6.04 Å². The Kier molecular flexibility index (Phi) is 5.11. The molecule has 0 amide bonds. The van der Waals surface area contributed by atoms with Crippen LogP contribution < -0.4 is 5.32 Å². The van der Waals surface area contributed by atoms with Crippen LogP contribution in [0.15, 0.2) is 0 Å². The number of piperidine rings is 2. The maximum absolute atomic E-state index is 3.73. The van der Waals surface area contributed by atoms with Gasteiger partial charge in [-0.15, -0.1) is 0 Å². The first-order chi connectivity index (χ1) is 7.88. The summed E-state index contributed by atoms with van der Waals surface area (Å²) in [6.45, 7) is 7.62. The van der Waals surface area contributed by atoms with Gasteiger partial charge in [-0.2, -0.15) is 0 Å². The highest BCUT2D eigenvalue weighted by Crippen LogP contribution is 2.19. The Labute approximate surface area is 101 Å². The Morgan fingerprint density at radius 1 is 1.12 bits per heavy atom. The summed E-state index contributed by atoms with van der Waals surface area (Å²) in [5, 5.41) is 3.73. The lowest BCUT2D eigenvalue weighted by atomic mass is 9.91. The smallest absolute Gasteiger partial charge is 0.00794 e. The lowest BCUT2D eigenvalue weighted by molar-refractivity contribution is 0.203. The topological polar surface area (TPSA) is 15.3 Å². The number of hydrogen-bond acceptors (Lipinski definition) is 2. The standard InChI is InChI=1S/C14H28N2/c1-2-13-6-7-14(15-12-13)8-11-16-9-4-3-5-10-16/h13-15H,2-12H2,1H3/t13-,14-/m0/s1. The van der Waals surface area contributed by atoms with Crippen LogP contribution in [-0.2, 0) is 0 Å². The largest absolute Gasteiger partial charge is 0.314 e. The van der Waals surface area contributed by atoms with Gasteiger partial charge in [0.2, 0.25) is 0 Å². The summed E-state index contributed by atoms with van der Waals surface area (Å²) >= 11 is 0. The first-order valence-corrected chi connectivity index (χ1v) is 7.34. The van der Waals surface area contributed by atoms with E-state index >= 15 is 0 Å². The zero-order chi connectivity index (χ0) is 11.2. The molecule has 0 aromatic heterocycles. The Balaban J connectivity index is 1.59. The molecule has 0 saturated carbocycles. The molecule has 0 spiro atoms. The molecule has 1 N–H and O–H groups in total. The second-order valence-electron chi connectivity index (χ2n) is 5.65. The minimum Gasteiger partial charge on any atom is -0.314 e. The van der Waals surface area contributed by atoms with E-state index in [9.17, 15) is 0 Å². The fourth-order valence-corrected chi connectivity index (χ4v) is 3.09. The van der Waals surface area contributed by atoms with Crippen molar-refractivity contribution in [2.75, 3.05) is 26.2 Å². The minimum absolute atomic E-state index is 0.810. The highest BCUT2D eigenvalue weighted by molar-refractivity contribution is 4.78. The van der Waals surface area contributed by atoms with Crippen molar-refractivity contribution in [3.63, 3.8) is 0 Å². The molecule has 16 heavy (non-hydrogen) atoms. The molecule has 2 aliphatic heterocycles. The van der Waals surface area contributed by atoms with E-state index in [1.54, 1.807) is 0 Å². The predicted octanol–water partition coefficient (Wildman–Crippen LogP) is 2.64. The van der Waals surface area contributed by atoms with Crippen molar-refractivity contribution >= 4 is 0 Å². The van der Waals surface area contributed by atoms with Crippen LogP contribution >= 0.6 is 0 Å². The maximum Gasteiger partial charge on any atom is 0.00794 e. The first-order valence-electron chi connectivity index (χ1n) is 7.34. The molecule has 0 aliphatic carbocycles. The molecular formula is C14H28N2. The molecule has 0 aromatic rings. The number of nitrogens with one attached hydrogen (secondary N) is 1. The van der Waals surface area contributed by atoms with Crippen molar-refractivity contribution in [2.45, 2.75) is 57.9 Å². The monoisotopic (exact) mass is 224 g/mol. The molecule has 2 saturated heterocycles. The quantitative estimate of drug-likeness (QED) is 0.790. The van der Waals surface area contributed by atoms with Crippen LogP contribution in [0.4, 0.5) is 0 Å². The molecular weight excluding hydrogens is 196 g/mol. The van der Waals surface area contributed by atoms with Gasteiger partial charge in [0.25, 0.3) is 0 Å². The van der Waals surface area contributed by atoms with Crippen molar-refractivity contribution in [3.05, 3.63) is 0 Å². The average Bonchev–Trinajstić information content (AvgIpc) is 2.38. The molecule has 2 aliphatic rings. The summed E-state index contributed by atoms with van der Waals surface area (Å²) in [4.78, 5) is 2.66. The molecule has 2 heterocycles. The van der Waals surface area contributed by atoms with E-state index in [0.29, 0.717) is 0 Å². The van der Waals surface area contributed by atoms with Gasteiger partial charge in [-0.25, -0.2) is 0 Å². The third-order valence-corrected chi connectivity index (χ3v) is 4.44. The van der Waals surface area contributed by atoms with Crippen LogP contribution in [0.3, 0.4) is 0 Å². The molecule has 94 valence electrons. The van der Waals surface area contributed by atoms with E-state index in [-0.39, 0.29) is 0 Å². The normalized spacial score (nSPS) is 32.8. The summed E-state index contributed by atoms with van der Waals surface area (Å²) in [7, 11) is 0. The van der Waals surface area contributed by atoms with Gasteiger partial charge in [-0.3, -0.25) is 0 Å². The number of hydrogen-bond donors (Lipinski definition) is 1. The van der Waals surface area contributed by atoms with Gasteiger partial charge in [0.05, 0.1) is 0 Å². The molecule has 2 rings (SSSR count). The molecule has 2 nitrogen and oxygen atoms in total. The second kappa shape index (κ2) is 6.61. The van der Waals surface area contributed by atoms with Crippen molar-refractivity contribution in [1.82, 2.24) is 10.2 Å². The zero-order valence-electron chi connectivity index (χ0n) is 10.9. The van der Waals surface area contributed by atoms with Gasteiger partial charge in [0.15, 0.2) is 0 Å². The molecule has 2 atom stereocenters. The maximum atomic E-state index is 3.73. The predicted molar refractivity (Wildman–Crippen MR) is 69.7 cm³/mol. The summed E-state index contributed by atoms with van der Waals surface area (Å²) in [6.07, 6.45) is 9.89. The van der Waals surface area contributed by atoms with Crippen molar-refractivity contribution in [3.8, 4) is 0 Å². The summed E-state index contributed by atoms with van der Waals surface area (Å²) in [5.41, 5.74) is 0. The zero-order valence-corrected chi connectivity index (χ0v) is 10.9. The number of nitrogens with zero attached hydrogens (tertiary/aromatic N) is 1. The van der Waals surface area contributed by atoms with E-state index < -0.39 is 0 Å². The highest BCUT2D eigenvalue weighted by Gasteiger charge is 2.20. The molecule has 0 unspecified atom stereocenters. The van der Waals surface area contributed by atoms with Gasteiger partial charge >= 0.3 is 0 Å². The third-order valence-electron chi connectivity index (χ3n) is 4.44. The van der Waals surface area contributed by atoms with Crippen LogP contribution in [0.25, 0.3) is 0 Å².